The number of likely N-dealkylation sites (N-methyl/N-ethyl adjacent to an activating group) is 1. The molecular weight excluding hydrogens is 246 g/mol. The minimum Gasteiger partial charge on any atom is -0.380 e. The summed E-state index contributed by atoms with van der Waals surface area (Å²) in [5, 5.41) is 3.54. The van der Waals surface area contributed by atoms with Gasteiger partial charge in [0.15, 0.2) is 0 Å². The molecule has 1 unspecified atom stereocenters. The second-order valence-corrected chi connectivity index (χ2v) is 6.00. The van der Waals surface area contributed by atoms with Crippen LogP contribution in [0.15, 0.2) is 30.3 Å². The van der Waals surface area contributed by atoms with Crippen LogP contribution < -0.4 is 5.32 Å². The molecule has 2 nitrogen and oxygen atoms in total. The minimum absolute atomic E-state index is 0.252. The summed E-state index contributed by atoms with van der Waals surface area (Å²) in [5.74, 6) is 0. The van der Waals surface area contributed by atoms with Crippen molar-refractivity contribution in [2.75, 3.05) is 20.3 Å². The van der Waals surface area contributed by atoms with Crippen LogP contribution in [0.4, 0.5) is 0 Å². The highest BCUT2D eigenvalue weighted by atomic mass is 16.5. The molecule has 0 aliphatic heterocycles. The lowest BCUT2D eigenvalue weighted by atomic mass is 9.65. The maximum Gasteiger partial charge on any atom is 0.0628 e. The van der Waals surface area contributed by atoms with Crippen molar-refractivity contribution >= 4 is 0 Å². The van der Waals surface area contributed by atoms with Crippen LogP contribution in [0.2, 0.25) is 0 Å². The molecule has 1 aromatic carbocycles. The summed E-state index contributed by atoms with van der Waals surface area (Å²) in [6, 6.07) is 11.5. The number of benzene rings is 1. The standard InChI is InChI=1S/C18H29NO/c1-3-14-20-15-17(19-2)18(12-8-5-9-13-18)16-10-6-4-7-11-16/h4,6-7,10-11,17,19H,3,5,8-9,12-15H2,1-2H3. The van der Waals surface area contributed by atoms with Crippen LogP contribution in [-0.2, 0) is 10.2 Å². The van der Waals surface area contributed by atoms with Crippen LogP contribution in [0.25, 0.3) is 0 Å². The summed E-state index contributed by atoms with van der Waals surface area (Å²) in [4.78, 5) is 0. The molecule has 1 aliphatic rings. The monoisotopic (exact) mass is 275 g/mol. The third-order valence-corrected chi connectivity index (χ3v) is 4.74. The maximum atomic E-state index is 5.87. The highest BCUT2D eigenvalue weighted by Gasteiger charge is 2.40. The maximum absolute atomic E-state index is 5.87. The van der Waals surface area contributed by atoms with E-state index in [4.69, 9.17) is 4.74 Å². The summed E-state index contributed by atoms with van der Waals surface area (Å²) in [5.41, 5.74) is 1.74. The minimum atomic E-state index is 0.252. The van der Waals surface area contributed by atoms with E-state index in [-0.39, 0.29) is 5.41 Å². The van der Waals surface area contributed by atoms with Crippen LogP contribution in [0, 0.1) is 0 Å². The summed E-state index contributed by atoms with van der Waals surface area (Å²) >= 11 is 0. The lowest BCUT2D eigenvalue weighted by molar-refractivity contribution is 0.0736. The molecule has 112 valence electrons. The van der Waals surface area contributed by atoms with Crippen molar-refractivity contribution in [3.8, 4) is 0 Å². The summed E-state index contributed by atoms with van der Waals surface area (Å²) in [6.07, 6.45) is 7.69. The third-order valence-electron chi connectivity index (χ3n) is 4.74. The topological polar surface area (TPSA) is 21.3 Å². The van der Waals surface area contributed by atoms with E-state index in [1.54, 1.807) is 0 Å². The van der Waals surface area contributed by atoms with Crippen molar-refractivity contribution in [3.05, 3.63) is 35.9 Å². The molecule has 0 amide bonds. The second kappa shape index (κ2) is 7.80. The van der Waals surface area contributed by atoms with E-state index in [0.717, 1.165) is 19.6 Å². The van der Waals surface area contributed by atoms with Gasteiger partial charge in [-0.25, -0.2) is 0 Å². The molecule has 2 rings (SSSR count). The van der Waals surface area contributed by atoms with Gasteiger partial charge in [-0.1, -0.05) is 56.5 Å². The normalized spacial score (nSPS) is 19.7. The molecule has 20 heavy (non-hydrogen) atoms. The summed E-state index contributed by atoms with van der Waals surface area (Å²) in [6.45, 7) is 3.85. The largest absolute Gasteiger partial charge is 0.380 e. The first-order valence-corrected chi connectivity index (χ1v) is 8.14. The molecule has 0 spiro atoms. The smallest absolute Gasteiger partial charge is 0.0628 e. The number of rotatable bonds is 7. The predicted molar refractivity (Wildman–Crippen MR) is 85.2 cm³/mol. The van der Waals surface area contributed by atoms with E-state index in [9.17, 15) is 0 Å². The van der Waals surface area contributed by atoms with Crippen LogP contribution in [-0.4, -0.2) is 26.3 Å². The Morgan fingerprint density at radius 2 is 1.85 bits per heavy atom. The Balaban J connectivity index is 2.21. The first-order valence-electron chi connectivity index (χ1n) is 8.14. The molecule has 0 bridgehead atoms. The number of hydrogen-bond acceptors (Lipinski definition) is 2. The average molecular weight is 275 g/mol. The molecule has 1 fully saturated rings. The molecule has 2 heteroatoms. The molecule has 1 aliphatic carbocycles. The first-order chi connectivity index (χ1) is 9.83. The summed E-state index contributed by atoms with van der Waals surface area (Å²) < 4.78 is 5.87. The fourth-order valence-electron chi connectivity index (χ4n) is 3.66. The van der Waals surface area contributed by atoms with Crippen LogP contribution in [0.5, 0.6) is 0 Å². The Labute approximate surface area is 123 Å². The van der Waals surface area contributed by atoms with Crippen molar-refractivity contribution in [1.29, 1.82) is 0 Å². The van der Waals surface area contributed by atoms with E-state index >= 15 is 0 Å². The Morgan fingerprint density at radius 3 is 2.45 bits per heavy atom. The molecule has 1 N–H and O–H groups in total. The molecule has 1 saturated carbocycles. The highest BCUT2D eigenvalue weighted by molar-refractivity contribution is 5.28. The molecule has 1 aromatic rings. The number of hydrogen-bond donors (Lipinski definition) is 1. The fourth-order valence-corrected chi connectivity index (χ4v) is 3.66. The molecular formula is C18H29NO. The van der Waals surface area contributed by atoms with Gasteiger partial charge in [0, 0.05) is 18.1 Å². The molecule has 1 atom stereocenters. The third kappa shape index (κ3) is 3.42. The van der Waals surface area contributed by atoms with Gasteiger partial charge in [-0.05, 0) is 31.9 Å². The fraction of sp³-hybridized carbons (Fsp3) is 0.667. The van der Waals surface area contributed by atoms with Crippen molar-refractivity contribution in [2.45, 2.75) is 56.9 Å². The Kier molecular flexibility index (Phi) is 6.06. The lowest BCUT2D eigenvalue weighted by Crippen LogP contribution is -2.51. The van der Waals surface area contributed by atoms with Gasteiger partial charge < -0.3 is 10.1 Å². The molecule has 0 saturated heterocycles. The van der Waals surface area contributed by atoms with Crippen LogP contribution >= 0.6 is 0 Å². The van der Waals surface area contributed by atoms with E-state index in [0.29, 0.717) is 6.04 Å². The van der Waals surface area contributed by atoms with Gasteiger partial charge in [0.25, 0.3) is 0 Å². The zero-order valence-corrected chi connectivity index (χ0v) is 13.0. The van der Waals surface area contributed by atoms with Crippen LogP contribution in [0.3, 0.4) is 0 Å². The highest BCUT2D eigenvalue weighted by Crippen LogP contribution is 2.42. The van der Waals surface area contributed by atoms with E-state index in [1.807, 2.05) is 0 Å². The van der Waals surface area contributed by atoms with Gasteiger partial charge >= 0.3 is 0 Å². The Hall–Kier alpha value is -0.860. The first kappa shape index (κ1) is 15.5. The average Bonchev–Trinajstić information content (AvgIpc) is 2.53. The zero-order valence-electron chi connectivity index (χ0n) is 13.0. The van der Waals surface area contributed by atoms with Crippen LogP contribution in [0.1, 0.15) is 51.0 Å². The van der Waals surface area contributed by atoms with Gasteiger partial charge in [-0.15, -0.1) is 0 Å². The second-order valence-electron chi connectivity index (χ2n) is 6.00. The number of nitrogens with one attached hydrogen (secondary N) is 1. The van der Waals surface area contributed by atoms with Crippen molar-refractivity contribution in [3.63, 3.8) is 0 Å². The lowest BCUT2D eigenvalue weighted by Gasteiger charge is -2.44. The zero-order chi connectivity index (χ0) is 14.3. The Bertz CT molecular complexity index is 370. The van der Waals surface area contributed by atoms with Gasteiger partial charge in [-0.3, -0.25) is 0 Å². The molecule has 0 radical (unpaired) electrons. The number of ether oxygens (including phenoxy) is 1. The van der Waals surface area contributed by atoms with E-state index < -0.39 is 0 Å². The van der Waals surface area contributed by atoms with Gasteiger partial charge in [0.05, 0.1) is 6.61 Å². The van der Waals surface area contributed by atoms with Gasteiger partial charge in [0.1, 0.15) is 0 Å². The van der Waals surface area contributed by atoms with E-state index in [2.05, 4.69) is 49.6 Å². The molecule has 0 heterocycles. The predicted octanol–water partition coefficient (Wildman–Crippen LogP) is 3.90. The van der Waals surface area contributed by atoms with E-state index in [1.165, 1.54) is 37.7 Å². The van der Waals surface area contributed by atoms with Gasteiger partial charge in [0.2, 0.25) is 0 Å². The van der Waals surface area contributed by atoms with Gasteiger partial charge in [-0.2, -0.15) is 0 Å². The van der Waals surface area contributed by atoms with Crippen molar-refractivity contribution in [2.24, 2.45) is 0 Å². The van der Waals surface area contributed by atoms with Crippen molar-refractivity contribution < 1.29 is 4.74 Å². The SMILES string of the molecule is CCCOCC(NC)C1(c2ccccc2)CCCCC1. The summed E-state index contributed by atoms with van der Waals surface area (Å²) in [7, 11) is 2.08. The Morgan fingerprint density at radius 1 is 1.15 bits per heavy atom. The molecule has 0 aromatic heterocycles. The van der Waals surface area contributed by atoms with Crippen molar-refractivity contribution in [1.82, 2.24) is 5.32 Å². The quantitative estimate of drug-likeness (QED) is 0.762.